The van der Waals surface area contributed by atoms with Crippen LogP contribution in [-0.4, -0.2) is 35.0 Å². The summed E-state index contributed by atoms with van der Waals surface area (Å²) in [6.07, 6.45) is 7.52. The quantitative estimate of drug-likeness (QED) is 0.790. The van der Waals surface area contributed by atoms with Gasteiger partial charge in [-0.1, -0.05) is 18.9 Å². The Labute approximate surface area is 145 Å². The maximum atomic E-state index is 12.2. The highest BCUT2D eigenvalue weighted by molar-refractivity contribution is 7.13. The number of carbonyl (C=O) groups is 1. The Morgan fingerprint density at radius 1 is 1.46 bits per heavy atom. The van der Waals surface area contributed by atoms with Gasteiger partial charge in [0.2, 0.25) is 5.89 Å². The van der Waals surface area contributed by atoms with E-state index < -0.39 is 0 Å². The summed E-state index contributed by atoms with van der Waals surface area (Å²) < 4.78 is 10.7. The van der Waals surface area contributed by atoms with Crippen LogP contribution in [0.4, 0.5) is 0 Å². The molecule has 24 heavy (non-hydrogen) atoms. The fourth-order valence-corrected chi connectivity index (χ4v) is 4.88. The van der Waals surface area contributed by atoms with Crippen molar-refractivity contribution in [3.63, 3.8) is 0 Å². The molecule has 2 aromatic rings. The van der Waals surface area contributed by atoms with E-state index in [1.165, 1.54) is 26.4 Å². The van der Waals surface area contributed by atoms with Crippen molar-refractivity contribution >= 4 is 17.3 Å². The van der Waals surface area contributed by atoms with E-state index in [0.717, 1.165) is 23.4 Å². The summed E-state index contributed by atoms with van der Waals surface area (Å²) in [7, 11) is 1.48. The van der Waals surface area contributed by atoms with Crippen molar-refractivity contribution in [3.8, 4) is 10.8 Å². The van der Waals surface area contributed by atoms with Crippen LogP contribution in [0.25, 0.3) is 10.8 Å². The summed E-state index contributed by atoms with van der Waals surface area (Å²) >= 11 is 1.62. The van der Waals surface area contributed by atoms with Crippen LogP contribution >= 0.6 is 11.3 Å². The van der Waals surface area contributed by atoms with Crippen molar-refractivity contribution in [3.05, 3.63) is 29.5 Å². The molecule has 128 valence electrons. The molecule has 0 radical (unpaired) electrons. The molecule has 1 saturated carbocycles. The van der Waals surface area contributed by atoms with Gasteiger partial charge in [0.25, 0.3) is 0 Å². The second kappa shape index (κ2) is 6.69. The van der Waals surface area contributed by atoms with Crippen LogP contribution in [0.3, 0.4) is 0 Å². The number of fused-ring (bicyclic) bond motifs is 1. The Hall–Kier alpha value is -1.66. The summed E-state index contributed by atoms with van der Waals surface area (Å²) in [6, 6.07) is 4.31. The van der Waals surface area contributed by atoms with Crippen LogP contribution in [0, 0.1) is 5.92 Å². The van der Waals surface area contributed by atoms with Gasteiger partial charge in [-0.05, 0) is 36.6 Å². The van der Waals surface area contributed by atoms with Crippen molar-refractivity contribution in [2.75, 3.05) is 7.11 Å². The smallest absolute Gasteiger partial charge is 0.323 e. The second-order valence-electron chi connectivity index (χ2n) is 6.68. The molecule has 2 aliphatic rings. The molecule has 3 atom stereocenters. The molecule has 0 bridgehead atoms. The minimum atomic E-state index is -0.148. The Morgan fingerprint density at radius 3 is 3.12 bits per heavy atom. The third-order valence-corrected chi connectivity index (χ3v) is 6.18. The van der Waals surface area contributed by atoms with Crippen molar-refractivity contribution < 1.29 is 13.9 Å². The number of ether oxygens (including phenoxy) is 1. The van der Waals surface area contributed by atoms with Gasteiger partial charge in [0.05, 0.1) is 17.7 Å². The van der Waals surface area contributed by atoms with E-state index in [9.17, 15) is 4.79 Å². The first kappa shape index (κ1) is 15.8. The van der Waals surface area contributed by atoms with Crippen molar-refractivity contribution in [2.24, 2.45) is 5.92 Å². The van der Waals surface area contributed by atoms with Gasteiger partial charge in [0.1, 0.15) is 12.3 Å². The van der Waals surface area contributed by atoms with E-state index in [1.54, 1.807) is 17.6 Å². The van der Waals surface area contributed by atoms with Gasteiger partial charge in [0, 0.05) is 12.6 Å². The number of hydrogen-bond acceptors (Lipinski definition) is 6. The monoisotopic (exact) mass is 346 g/mol. The van der Waals surface area contributed by atoms with Crippen LogP contribution < -0.4 is 0 Å². The van der Waals surface area contributed by atoms with E-state index in [0.29, 0.717) is 24.4 Å². The molecule has 5 nitrogen and oxygen atoms in total. The molecule has 4 rings (SSSR count). The number of likely N-dealkylation sites (tertiary alicyclic amines) is 1. The average Bonchev–Trinajstić information content (AvgIpc) is 3.34. The largest absolute Gasteiger partial charge is 0.468 e. The normalized spacial score (nSPS) is 27.1. The molecule has 2 aromatic heterocycles. The Bertz CT molecular complexity index is 697. The SMILES string of the molecule is COC(=O)[C@@H]1C[C@H]2CCCC[C@@H]2N1Cc1coc(-c2cccs2)n1. The number of methoxy groups -OCH3 is 1. The maximum absolute atomic E-state index is 12.2. The Morgan fingerprint density at radius 2 is 2.33 bits per heavy atom. The average molecular weight is 346 g/mol. The maximum Gasteiger partial charge on any atom is 0.323 e. The van der Waals surface area contributed by atoms with Crippen LogP contribution in [0.5, 0.6) is 0 Å². The number of rotatable bonds is 4. The first-order valence-electron chi connectivity index (χ1n) is 8.58. The van der Waals surface area contributed by atoms with Crippen LogP contribution in [0.15, 0.2) is 28.2 Å². The third-order valence-electron chi connectivity index (χ3n) is 5.32. The summed E-state index contributed by atoms with van der Waals surface area (Å²) in [5.74, 6) is 1.15. The van der Waals surface area contributed by atoms with E-state index in [4.69, 9.17) is 9.15 Å². The fraction of sp³-hybridized carbons (Fsp3) is 0.556. The predicted molar refractivity (Wildman–Crippen MR) is 91.5 cm³/mol. The van der Waals surface area contributed by atoms with Gasteiger partial charge in [0.15, 0.2) is 0 Å². The van der Waals surface area contributed by atoms with Gasteiger partial charge >= 0.3 is 5.97 Å². The third kappa shape index (κ3) is 2.89. The molecule has 0 spiro atoms. The fourth-order valence-electron chi connectivity index (χ4n) is 4.23. The van der Waals surface area contributed by atoms with Gasteiger partial charge < -0.3 is 9.15 Å². The first-order valence-corrected chi connectivity index (χ1v) is 9.46. The second-order valence-corrected chi connectivity index (χ2v) is 7.63. The lowest BCUT2D eigenvalue weighted by Crippen LogP contribution is -2.42. The molecular formula is C18H22N2O3S. The zero-order valence-electron chi connectivity index (χ0n) is 13.8. The Balaban J connectivity index is 1.55. The van der Waals surface area contributed by atoms with Crippen molar-refractivity contribution in [2.45, 2.75) is 50.7 Å². The minimum absolute atomic E-state index is 0.119. The summed E-state index contributed by atoms with van der Waals surface area (Å²) in [5.41, 5.74) is 0.888. The minimum Gasteiger partial charge on any atom is -0.468 e. The highest BCUT2D eigenvalue weighted by atomic mass is 32.1. The first-order chi connectivity index (χ1) is 11.8. The van der Waals surface area contributed by atoms with Crippen LogP contribution in [0.1, 0.15) is 37.8 Å². The molecular weight excluding hydrogens is 324 g/mol. The van der Waals surface area contributed by atoms with Crippen LogP contribution in [0.2, 0.25) is 0 Å². The van der Waals surface area contributed by atoms with Crippen molar-refractivity contribution in [1.82, 2.24) is 9.88 Å². The molecule has 3 heterocycles. The lowest BCUT2D eigenvalue weighted by molar-refractivity contribution is -0.146. The molecule has 1 aliphatic carbocycles. The molecule has 0 N–H and O–H groups in total. The molecule has 1 aliphatic heterocycles. The lowest BCUT2D eigenvalue weighted by atomic mass is 9.85. The number of esters is 1. The van der Waals surface area contributed by atoms with Crippen LogP contribution in [-0.2, 0) is 16.1 Å². The van der Waals surface area contributed by atoms with E-state index in [2.05, 4.69) is 9.88 Å². The van der Waals surface area contributed by atoms with Gasteiger partial charge in [-0.2, -0.15) is 0 Å². The standard InChI is InChI=1S/C18H22N2O3S/c1-22-18(21)15-9-12-5-2-3-6-14(12)20(15)10-13-11-23-17(19-13)16-7-4-8-24-16/h4,7-8,11-12,14-15H,2-3,5-6,9-10H2,1H3/t12-,14+,15+/m1/s1. The summed E-state index contributed by atoms with van der Waals surface area (Å²) in [4.78, 5) is 20.2. The van der Waals surface area contributed by atoms with E-state index >= 15 is 0 Å². The number of aromatic nitrogens is 1. The predicted octanol–water partition coefficient (Wildman–Crippen LogP) is 3.71. The number of oxazole rings is 1. The molecule has 0 aromatic carbocycles. The molecule has 1 saturated heterocycles. The van der Waals surface area contributed by atoms with Crippen molar-refractivity contribution in [1.29, 1.82) is 0 Å². The van der Waals surface area contributed by atoms with Gasteiger partial charge in [-0.3, -0.25) is 9.69 Å². The van der Waals surface area contributed by atoms with Gasteiger partial charge in [-0.15, -0.1) is 11.3 Å². The highest BCUT2D eigenvalue weighted by Gasteiger charge is 2.45. The zero-order valence-corrected chi connectivity index (χ0v) is 14.6. The van der Waals surface area contributed by atoms with E-state index in [-0.39, 0.29) is 12.0 Å². The zero-order chi connectivity index (χ0) is 16.5. The highest BCUT2D eigenvalue weighted by Crippen LogP contribution is 2.41. The molecule has 6 heteroatoms. The van der Waals surface area contributed by atoms with E-state index in [1.807, 2.05) is 17.5 Å². The van der Waals surface area contributed by atoms with Gasteiger partial charge in [-0.25, -0.2) is 4.98 Å². The topological polar surface area (TPSA) is 55.6 Å². The number of carbonyl (C=O) groups excluding carboxylic acids is 1. The molecule has 0 unspecified atom stereocenters. The summed E-state index contributed by atoms with van der Waals surface area (Å²) in [6.45, 7) is 0.649. The molecule has 0 amide bonds. The number of thiophene rings is 1. The summed E-state index contributed by atoms with van der Waals surface area (Å²) in [5, 5.41) is 2.01. The number of hydrogen-bond donors (Lipinski definition) is 0. The number of nitrogens with zero attached hydrogens (tertiary/aromatic N) is 2. The molecule has 2 fully saturated rings. The Kier molecular flexibility index (Phi) is 4.41. The lowest BCUT2D eigenvalue weighted by Gasteiger charge is -2.32.